The maximum atomic E-state index is 14.0. The third-order valence-electron chi connectivity index (χ3n) is 6.34. The van der Waals surface area contributed by atoms with E-state index in [0.717, 1.165) is 23.3 Å². The van der Waals surface area contributed by atoms with E-state index in [1.807, 2.05) is 65.8 Å². The van der Waals surface area contributed by atoms with Crippen LogP contribution >= 0.6 is 0 Å². The third-order valence-corrected chi connectivity index (χ3v) is 13.5. The first-order valence-corrected chi connectivity index (χ1v) is 15.6. The average molecular weight is 649 g/mol. The second-order valence-electron chi connectivity index (χ2n) is 11.2. The molecule has 0 atom stereocenters. The van der Waals surface area contributed by atoms with Gasteiger partial charge in [-0.15, -0.1) is 0 Å². The predicted molar refractivity (Wildman–Crippen MR) is 141 cm³/mol. The molecule has 2 nitrogen and oxygen atoms in total. The van der Waals surface area contributed by atoms with Gasteiger partial charge in [-0.1, -0.05) is 0 Å². The molecule has 3 aromatic rings. The maximum Gasteiger partial charge on any atom is -0.412 e. The summed E-state index contributed by atoms with van der Waals surface area (Å²) < 4.78 is 85.0. The van der Waals surface area contributed by atoms with Crippen molar-refractivity contribution in [3.8, 4) is 0 Å². The first-order chi connectivity index (χ1) is 16.8. The Labute approximate surface area is 227 Å². The molecule has 0 aliphatic heterocycles. The third kappa shape index (κ3) is 6.24. The molecule has 0 saturated heterocycles. The van der Waals surface area contributed by atoms with Gasteiger partial charge in [-0.25, -0.2) is 0 Å². The van der Waals surface area contributed by atoms with Crippen LogP contribution in [0, 0.1) is 0 Å². The Morgan fingerprint density at radius 1 is 0.553 bits per heavy atom. The normalized spacial score (nSPS) is 13.4. The molecule has 0 aliphatic carbocycles. The molecule has 0 heterocycles. The first-order valence-electron chi connectivity index (χ1n) is 11.7. The van der Waals surface area contributed by atoms with E-state index in [9.17, 15) is 31.4 Å². The fraction of sp³-hybridized carbons (Fsp3) is 0.379. The molecule has 0 unspecified atom stereocenters. The molecule has 0 aliphatic rings. The molecule has 208 valence electrons. The topological polar surface area (TPSA) is 51.7 Å². The number of halogens is 6. The summed E-state index contributed by atoms with van der Waals surface area (Å²) >= 11 is -3.51. The molecule has 0 aromatic heterocycles. The summed E-state index contributed by atoms with van der Waals surface area (Å²) in [4.78, 5) is 0. The van der Waals surface area contributed by atoms with E-state index in [0.29, 0.717) is 7.02 Å². The fourth-order valence-corrected chi connectivity index (χ4v) is 11.1. The van der Waals surface area contributed by atoms with Gasteiger partial charge < -0.3 is 5.48 Å². The molecule has 0 spiro atoms. The minimum absolute atomic E-state index is 0. The Morgan fingerprint density at radius 2 is 0.895 bits per heavy atom. The molecule has 9 heteroatoms. The van der Waals surface area contributed by atoms with E-state index in [1.165, 1.54) is 12.1 Å². The SMILES string of the molecule is CC(C)(C)c1cc[c]([Sb]([c]2ccc(C(C)(C)C)cc2)[c]2ccccc2C(O)(C(F)(F)F)C(F)(F)F)cc1.O. The molecule has 3 aromatic carbocycles. The molecular formula is C29H33F6O2Sb. The summed E-state index contributed by atoms with van der Waals surface area (Å²) in [6.07, 6.45) is -11.9. The van der Waals surface area contributed by atoms with Gasteiger partial charge in [0, 0.05) is 0 Å². The fourth-order valence-electron chi connectivity index (χ4n) is 4.09. The van der Waals surface area contributed by atoms with Crippen LogP contribution in [0.25, 0.3) is 0 Å². The summed E-state index contributed by atoms with van der Waals surface area (Å²) in [5.74, 6) is 0. The Balaban J connectivity index is 0.00000507. The van der Waals surface area contributed by atoms with Gasteiger partial charge in [-0.2, -0.15) is 0 Å². The Morgan fingerprint density at radius 3 is 1.21 bits per heavy atom. The van der Waals surface area contributed by atoms with Gasteiger partial charge in [0.25, 0.3) is 0 Å². The van der Waals surface area contributed by atoms with Crippen LogP contribution in [0.5, 0.6) is 0 Å². The van der Waals surface area contributed by atoms with Crippen LogP contribution in [-0.2, 0) is 16.4 Å². The summed E-state index contributed by atoms with van der Waals surface area (Å²) in [6, 6.07) is 19.3. The van der Waals surface area contributed by atoms with E-state index >= 15 is 0 Å². The van der Waals surface area contributed by atoms with Crippen LogP contribution in [0.1, 0.15) is 58.2 Å². The molecule has 0 fully saturated rings. The molecule has 0 saturated carbocycles. The van der Waals surface area contributed by atoms with Gasteiger partial charge in [0.1, 0.15) is 0 Å². The van der Waals surface area contributed by atoms with Crippen LogP contribution in [0.4, 0.5) is 26.3 Å². The molecule has 3 rings (SSSR count). The summed E-state index contributed by atoms with van der Waals surface area (Å²) in [5.41, 5.74) is -4.52. The Hall–Kier alpha value is -2.02. The number of alkyl halides is 6. The van der Waals surface area contributed by atoms with Crippen molar-refractivity contribution in [1.29, 1.82) is 0 Å². The zero-order valence-electron chi connectivity index (χ0n) is 22.1. The van der Waals surface area contributed by atoms with Gasteiger partial charge >= 0.3 is 222 Å². The van der Waals surface area contributed by atoms with Gasteiger partial charge in [0.05, 0.1) is 0 Å². The van der Waals surface area contributed by atoms with Crippen LogP contribution in [0.2, 0.25) is 0 Å². The van der Waals surface area contributed by atoms with Crippen LogP contribution in [0.15, 0.2) is 72.8 Å². The summed E-state index contributed by atoms with van der Waals surface area (Å²) in [5, 5.41) is 10.4. The van der Waals surface area contributed by atoms with Gasteiger partial charge in [-0.05, 0) is 0 Å². The summed E-state index contributed by atoms with van der Waals surface area (Å²) in [6.45, 7) is 12.1. The van der Waals surface area contributed by atoms with Crippen molar-refractivity contribution in [1.82, 2.24) is 0 Å². The number of benzene rings is 3. The van der Waals surface area contributed by atoms with Crippen molar-refractivity contribution in [2.45, 2.75) is 70.3 Å². The molecule has 38 heavy (non-hydrogen) atoms. The largest absolute Gasteiger partial charge is 0.412 e. The minimum atomic E-state index is -5.96. The molecule has 3 N–H and O–H groups in total. The monoisotopic (exact) mass is 648 g/mol. The second kappa shape index (κ2) is 10.9. The Kier molecular flexibility index (Phi) is 9.20. The predicted octanol–water partition coefficient (Wildman–Crippen LogP) is 5.29. The van der Waals surface area contributed by atoms with E-state index in [4.69, 9.17) is 0 Å². The van der Waals surface area contributed by atoms with Crippen LogP contribution in [-0.4, -0.2) is 43.1 Å². The van der Waals surface area contributed by atoms with E-state index in [1.54, 1.807) is 24.3 Å². The average Bonchev–Trinajstić information content (AvgIpc) is 2.77. The van der Waals surface area contributed by atoms with Crippen molar-refractivity contribution in [2.24, 2.45) is 0 Å². The van der Waals surface area contributed by atoms with Crippen molar-refractivity contribution >= 4 is 30.7 Å². The van der Waals surface area contributed by atoms with E-state index in [-0.39, 0.29) is 19.8 Å². The number of aliphatic hydroxyl groups is 1. The summed E-state index contributed by atoms with van der Waals surface area (Å²) in [7, 11) is 0. The standard InChI is InChI=1S/2C10H13.C9H5F6O.H2O.Sb/c2*1-10(2,3)9-7-5-4-6-8-9;10-8(11,12)7(16,9(13,14)15)6-4-2-1-3-5-6;;/h2*5-8H,1-3H3;1-4,16H;1H2;. The molecule has 0 amide bonds. The van der Waals surface area contributed by atoms with Crippen molar-refractivity contribution in [3.05, 3.63) is 89.5 Å². The van der Waals surface area contributed by atoms with E-state index < -0.39 is 43.7 Å². The van der Waals surface area contributed by atoms with Crippen LogP contribution < -0.4 is 10.5 Å². The van der Waals surface area contributed by atoms with Gasteiger partial charge in [0.2, 0.25) is 0 Å². The zero-order chi connectivity index (χ0) is 28.0. The minimum Gasteiger partial charge on any atom is -0.412 e. The first kappa shape index (κ1) is 32.2. The van der Waals surface area contributed by atoms with Crippen molar-refractivity contribution in [3.63, 3.8) is 0 Å². The van der Waals surface area contributed by atoms with Crippen LogP contribution in [0.3, 0.4) is 0 Å². The quantitative estimate of drug-likeness (QED) is 0.304. The Bertz CT molecular complexity index is 1150. The number of hydrogen-bond donors (Lipinski definition) is 1. The van der Waals surface area contributed by atoms with Crippen molar-refractivity contribution in [2.75, 3.05) is 0 Å². The zero-order valence-corrected chi connectivity index (χ0v) is 24.6. The smallest absolute Gasteiger partial charge is 0.412 e. The molecule has 0 bridgehead atoms. The number of hydrogen-bond acceptors (Lipinski definition) is 1. The maximum absolute atomic E-state index is 14.0. The second-order valence-corrected chi connectivity index (χ2v) is 17.4. The molecular weight excluding hydrogens is 616 g/mol. The number of rotatable bonds is 4. The van der Waals surface area contributed by atoms with Gasteiger partial charge in [0.15, 0.2) is 0 Å². The van der Waals surface area contributed by atoms with E-state index in [2.05, 4.69) is 0 Å². The van der Waals surface area contributed by atoms with Gasteiger partial charge in [-0.3, -0.25) is 0 Å². The van der Waals surface area contributed by atoms with Crippen molar-refractivity contribution < 1.29 is 36.9 Å². The molecule has 0 radical (unpaired) electrons.